The lowest BCUT2D eigenvalue weighted by Crippen LogP contribution is -2.21. The van der Waals surface area contributed by atoms with E-state index in [0.29, 0.717) is 28.6 Å². The summed E-state index contributed by atoms with van der Waals surface area (Å²) in [6.07, 6.45) is 0.535. The molecule has 2 aromatic carbocycles. The van der Waals surface area contributed by atoms with Gasteiger partial charge in [-0.3, -0.25) is 14.4 Å². The number of rotatable bonds is 9. The number of anilines is 2. The van der Waals surface area contributed by atoms with Crippen LogP contribution in [0.15, 0.2) is 48.5 Å². The predicted octanol–water partition coefficient (Wildman–Crippen LogP) is 3.64. The van der Waals surface area contributed by atoms with Crippen LogP contribution < -0.4 is 15.4 Å². The third-order valence-electron chi connectivity index (χ3n) is 3.64. The smallest absolute Gasteiger partial charge is 0.306 e. The molecule has 2 N–H and O–H groups in total. The van der Waals surface area contributed by atoms with Crippen LogP contribution >= 0.6 is 11.6 Å². The van der Waals surface area contributed by atoms with Gasteiger partial charge < -0.3 is 20.1 Å². The molecule has 7 nitrogen and oxygen atoms in total. The Hall–Kier alpha value is -3.06. The number of nitrogens with one attached hydrogen (secondary N) is 2. The molecule has 0 aliphatic rings. The Balaban J connectivity index is 1.67. The summed E-state index contributed by atoms with van der Waals surface area (Å²) < 4.78 is 10.0. The summed E-state index contributed by atoms with van der Waals surface area (Å²) >= 11 is 5.89. The molecular formula is C20H21ClN2O5. The monoisotopic (exact) mass is 404 g/mol. The van der Waals surface area contributed by atoms with Crippen LogP contribution in [0.1, 0.15) is 19.3 Å². The van der Waals surface area contributed by atoms with Crippen molar-refractivity contribution in [2.24, 2.45) is 0 Å². The lowest BCUT2D eigenvalue weighted by atomic mass is 10.2. The molecule has 2 aromatic rings. The Bertz CT molecular complexity index is 827. The third-order valence-corrected chi connectivity index (χ3v) is 3.88. The molecule has 2 rings (SSSR count). The molecule has 0 fully saturated rings. The van der Waals surface area contributed by atoms with Crippen molar-refractivity contribution in [2.75, 3.05) is 24.4 Å². The maximum absolute atomic E-state index is 11.9. The van der Waals surface area contributed by atoms with E-state index in [1.54, 1.807) is 24.3 Å². The van der Waals surface area contributed by atoms with Gasteiger partial charge in [0.25, 0.3) is 5.91 Å². The van der Waals surface area contributed by atoms with E-state index in [-0.39, 0.29) is 18.7 Å². The molecule has 148 valence electrons. The minimum absolute atomic E-state index is 0.0377. The van der Waals surface area contributed by atoms with Crippen LogP contribution in [-0.4, -0.2) is 31.5 Å². The lowest BCUT2D eigenvalue weighted by molar-refractivity contribution is -0.147. The van der Waals surface area contributed by atoms with Gasteiger partial charge in [0.2, 0.25) is 5.91 Å². The molecule has 0 spiro atoms. The van der Waals surface area contributed by atoms with Gasteiger partial charge in [-0.25, -0.2) is 0 Å². The van der Waals surface area contributed by atoms with Crippen molar-refractivity contribution in [3.05, 3.63) is 53.6 Å². The van der Waals surface area contributed by atoms with Gasteiger partial charge in [-0.1, -0.05) is 29.8 Å². The predicted molar refractivity (Wildman–Crippen MR) is 107 cm³/mol. The summed E-state index contributed by atoms with van der Waals surface area (Å²) in [5.74, 6) is -0.824. The summed E-state index contributed by atoms with van der Waals surface area (Å²) in [6, 6.07) is 13.8. The molecule has 0 aromatic heterocycles. The molecular weight excluding hydrogens is 384 g/mol. The first kappa shape index (κ1) is 21.2. The molecule has 28 heavy (non-hydrogen) atoms. The molecule has 0 saturated heterocycles. The number of benzene rings is 2. The number of methoxy groups -OCH3 is 1. The quantitative estimate of drug-likeness (QED) is 0.622. The van der Waals surface area contributed by atoms with Crippen molar-refractivity contribution in [3.8, 4) is 5.75 Å². The molecule has 0 heterocycles. The SMILES string of the molecule is COc1ccc(Cl)cc1NC(=O)COC(=O)CCCC(=O)Nc1ccccc1. The van der Waals surface area contributed by atoms with Gasteiger partial charge in [-0.2, -0.15) is 0 Å². The number of amides is 2. The van der Waals surface area contributed by atoms with Gasteiger partial charge in [0.15, 0.2) is 6.61 Å². The summed E-state index contributed by atoms with van der Waals surface area (Å²) in [4.78, 5) is 35.5. The Morgan fingerprint density at radius 3 is 2.43 bits per heavy atom. The normalized spacial score (nSPS) is 10.1. The zero-order valence-electron chi connectivity index (χ0n) is 15.4. The van der Waals surface area contributed by atoms with Crippen molar-refractivity contribution >= 4 is 40.8 Å². The van der Waals surface area contributed by atoms with Gasteiger partial charge in [0.05, 0.1) is 12.8 Å². The fraction of sp³-hybridized carbons (Fsp3) is 0.250. The largest absolute Gasteiger partial charge is 0.495 e. The highest BCUT2D eigenvalue weighted by Crippen LogP contribution is 2.27. The summed E-state index contributed by atoms with van der Waals surface area (Å²) in [5, 5.41) is 5.73. The van der Waals surface area contributed by atoms with Gasteiger partial charge in [-0.15, -0.1) is 0 Å². The minimum Gasteiger partial charge on any atom is -0.495 e. The molecule has 8 heteroatoms. The Morgan fingerprint density at radius 1 is 0.964 bits per heavy atom. The Labute approximate surface area is 168 Å². The van der Waals surface area contributed by atoms with Crippen LogP contribution in [0.4, 0.5) is 11.4 Å². The van der Waals surface area contributed by atoms with E-state index in [9.17, 15) is 14.4 Å². The van der Waals surface area contributed by atoms with Crippen molar-refractivity contribution < 1.29 is 23.9 Å². The fourth-order valence-corrected chi connectivity index (χ4v) is 2.49. The maximum atomic E-state index is 11.9. The minimum atomic E-state index is -0.555. The average molecular weight is 405 g/mol. The standard InChI is InChI=1S/C20H21ClN2O5/c1-27-17-11-10-14(21)12-16(17)23-19(25)13-28-20(26)9-5-8-18(24)22-15-6-3-2-4-7-15/h2-4,6-7,10-12H,5,8-9,13H2,1H3,(H,22,24)(H,23,25). The van der Waals surface area contributed by atoms with E-state index >= 15 is 0 Å². The van der Waals surface area contributed by atoms with E-state index in [1.165, 1.54) is 13.2 Å². The molecule has 0 unspecified atom stereocenters. The third kappa shape index (κ3) is 7.28. The van der Waals surface area contributed by atoms with E-state index < -0.39 is 18.5 Å². The number of hydrogen-bond donors (Lipinski definition) is 2. The van der Waals surface area contributed by atoms with Crippen molar-refractivity contribution in [2.45, 2.75) is 19.3 Å². The van der Waals surface area contributed by atoms with Gasteiger partial charge >= 0.3 is 5.97 Å². The summed E-state index contributed by atoms with van der Waals surface area (Å²) in [7, 11) is 1.47. The van der Waals surface area contributed by atoms with E-state index in [2.05, 4.69) is 10.6 Å². The number of para-hydroxylation sites is 1. The van der Waals surface area contributed by atoms with Crippen LogP contribution in [-0.2, 0) is 19.1 Å². The number of carbonyl (C=O) groups is 3. The second kappa shape index (κ2) is 10.9. The number of halogens is 1. The first-order valence-corrected chi connectivity index (χ1v) is 8.99. The lowest BCUT2D eigenvalue weighted by Gasteiger charge is -2.11. The molecule has 0 radical (unpaired) electrons. The first-order valence-electron chi connectivity index (χ1n) is 8.62. The molecule has 0 aliphatic carbocycles. The Kier molecular flexibility index (Phi) is 8.30. The van der Waals surface area contributed by atoms with E-state index in [1.807, 2.05) is 18.2 Å². The highest BCUT2D eigenvalue weighted by molar-refractivity contribution is 6.31. The van der Waals surface area contributed by atoms with Crippen molar-refractivity contribution in [1.29, 1.82) is 0 Å². The van der Waals surface area contributed by atoms with Gasteiger partial charge in [0, 0.05) is 23.6 Å². The second-order valence-corrected chi connectivity index (χ2v) is 6.26. The fourth-order valence-electron chi connectivity index (χ4n) is 2.32. The number of carbonyl (C=O) groups excluding carboxylic acids is 3. The molecule has 0 bridgehead atoms. The Morgan fingerprint density at radius 2 is 1.71 bits per heavy atom. The van der Waals surface area contributed by atoms with Crippen molar-refractivity contribution in [1.82, 2.24) is 0 Å². The highest BCUT2D eigenvalue weighted by atomic mass is 35.5. The zero-order chi connectivity index (χ0) is 20.4. The number of esters is 1. The highest BCUT2D eigenvalue weighted by Gasteiger charge is 2.12. The van der Waals surface area contributed by atoms with Crippen LogP contribution in [0.2, 0.25) is 5.02 Å². The van der Waals surface area contributed by atoms with Crippen LogP contribution in [0.3, 0.4) is 0 Å². The van der Waals surface area contributed by atoms with Crippen LogP contribution in [0.25, 0.3) is 0 Å². The van der Waals surface area contributed by atoms with Gasteiger partial charge in [0.1, 0.15) is 5.75 Å². The summed E-state index contributed by atoms with van der Waals surface area (Å²) in [5.41, 5.74) is 1.08. The molecule has 0 atom stereocenters. The second-order valence-electron chi connectivity index (χ2n) is 5.82. The van der Waals surface area contributed by atoms with E-state index in [4.69, 9.17) is 21.1 Å². The zero-order valence-corrected chi connectivity index (χ0v) is 16.1. The summed E-state index contributed by atoms with van der Waals surface area (Å²) in [6.45, 7) is -0.440. The van der Waals surface area contributed by atoms with Crippen LogP contribution in [0.5, 0.6) is 5.75 Å². The van der Waals surface area contributed by atoms with Gasteiger partial charge in [-0.05, 0) is 36.8 Å². The average Bonchev–Trinajstić information content (AvgIpc) is 2.67. The number of ether oxygens (including phenoxy) is 2. The van der Waals surface area contributed by atoms with Crippen LogP contribution in [0, 0.1) is 0 Å². The first-order chi connectivity index (χ1) is 13.5. The maximum Gasteiger partial charge on any atom is 0.306 e. The molecule has 0 saturated carbocycles. The van der Waals surface area contributed by atoms with E-state index in [0.717, 1.165) is 0 Å². The number of hydrogen-bond acceptors (Lipinski definition) is 5. The van der Waals surface area contributed by atoms with Crippen molar-refractivity contribution in [3.63, 3.8) is 0 Å². The topological polar surface area (TPSA) is 93.7 Å². The molecule has 2 amide bonds. The molecule has 0 aliphatic heterocycles.